The van der Waals surface area contributed by atoms with E-state index in [1.54, 1.807) is 0 Å². The summed E-state index contributed by atoms with van der Waals surface area (Å²) in [5.41, 5.74) is 13.3. The molecule has 1 aromatic carbocycles. The molecule has 3 nitrogen and oxygen atoms in total. The number of halogens is 1. The highest BCUT2D eigenvalue weighted by Gasteiger charge is 2.17. The van der Waals surface area contributed by atoms with Crippen LogP contribution in [-0.2, 0) is 0 Å². The molecule has 0 amide bonds. The third-order valence-electron chi connectivity index (χ3n) is 2.12. The lowest BCUT2D eigenvalue weighted by Gasteiger charge is -2.22. The molecule has 0 unspecified atom stereocenters. The van der Waals surface area contributed by atoms with Gasteiger partial charge in [0, 0.05) is 23.7 Å². The van der Waals surface area contributed by atoms with E-state index in [9.17, 15) is 0 Å². The minimum atomic E-state index is 0. The summed E-state index contributed by atoms with van der Waals surface area (Å²) in [5.74, 6) is 0.878. The maximum absolute atomic E-state index is 5.88. The van der Waals surface area contributed by atoms with E-state index < -0.39 is 0 Å². The van der Waals surface area contributed by atoms with Crippen LogP contribution >= 0.6 is 12.4 Å². The lowest BCUT2D eigenvalue weighted by Crippen LogP contribution is -2.20. The van der Waals surface area contributed by atoms with Gasteiger partial charge in [0.05, 0.1) is 6.61 Å². The van der Waals surface area contributed by atoms with Crippen LogP contribution in [0, 0.1) is 0 Å². The maximum atomic E-state index is 5.88. The van der Waals surface area contributed by atoms with Gasteiger partial charge in [-0.05, 0) is 18.2 Å². The van der Waals surface area contributed by atoms with Gasteiger partial charge in [0.1, 0.15) is 5.75 Å². The second-order valence-electron chi connectivity index (χ2n) is 3.04. The zero-order valence-electron chi connectivity index (χ0n) is 7.19. The van der Waals surface area contributed by atoms with Gasteiger partial charge in [0.2, 0.25) is 0 Å². The fourth-order valence-corrected chi connectivity index (χ4v) is 1.44. The monoisotopic (exact) mass is 200 g/mol. The Morgan fingerprint density at radius 2 is 2.15 bits per heavy atom. The molecule has 0 aliphatic carbocycles. The summed E-state index contributed by atoms with van der Waals surface area (Å²) in [7, 11) is 0. The summed E-state index contributed by atoms with van der Waals surface area (Å²) in [6, 6.07) is 5.68. The molecule has 1 heterocycles. The Hall–Kier alpha value is -0.930. The third-order valence-corrected chi connectivity index (χ3v) is 2.12. The second kappa shape index (κ2) is 3.85. The molecule has 1 aliphatic rings. The smallest absolute Gasteiger partial charge is 0.124 e. The molecule has 0 bridgehead atoms. The van der Waals surface area contributed by atoms with E-state index in [4.69, 9.17) is 16.2 Å². The molecular formula is C9H13ClN2O. The van der Waals surface area contributed by atoms with E-state index in [2.05, 4.69) is 0 Å². The Kier molecular flexibility index (Phi) is 3.01. The summed E-state index contributed by atoms with van der Waals surface area (Å²) in [4.78, 5) is 0. The first-order valence-electron chi connectivity index (χ1n) is 4.05. The SMILES string of the molecule is Cl.Nc1ccc2c(c1)[C@@H](N)CCO2. The van der Waals surface area contributed by atoms with Crippen LogP contribution in [0.3, 0.4) is 0 Å². The Balaban J connectivity index is 0.000000845. The summed E-state index contributed by atoms with van der Waals surface area (Å²) >= 11 is 0. The van der Waals surface area contributed by atoms with E-state index >= 15 is 0 Å². The van der Waals surface area contributed by atoms with Gasteiger partial charge in [-0.1, -0.05) is 0 Å². The molecule has 0 saturated heterocycles. The van der Waals surface area contributed by atoms with Gasteiger partial charge in [0.25, 0.3) is 0 Å². The average molecular weight is 201 g/mol. The normalized spacial score (nSPS) is 19.6. The minimum Gasteiger partial charge on any atom is -0.493 e. The van der Waals surface area contributed by atoms with Crippen LogP contribution in [0.4, 0.5) is 5.69 Å². The highest BCUT2D eigenvalue weighted by atomic mass is 35.5. The lowest BCUT2D eigenvalue weighted by molar-refractivity contribution is 0.269. The average Bonchev–Trinajstić information content (AvgIpc) is 2.07. The van der Waals surface area contributed by atoms with Crippen LogP contribution in [0.5, 0.6) is 5.75 Å². The van der Waals surface area contributed by atoms with Crippen LogP contribution in [-0.4, -0.2) is 6.61 Å². The van der Waals surface area contributed by atoms with Crippen molar-refractivity contribution >= 4 is 18.1 Å². The molecule has 2 rings (SSSR count). The zero-order valence-corrected chi connectivity index (χ0v) is 8.01. The first-order chi connectivity index (χ1) is 5.77. The molecule has 1 atom stereocenters. The summed E-state index contributed by atoms with van der Waals surface area (Å²) in [6.07, 6.45) is 0.871. The number of nitrogens with two attached hydrogens (primary N) is 2. The molecule has 13 heavy (non-hydrogen) atoms. The van der Waals surface area contributed by atoms with Crippen LogP contribution in [0.1, 0.15) is 18.0 Å². The number of fused-ring (bicyclic) bond motifs is 1. The predicted octanol–water partition coefficient (Wildman–Crippen LogP) is 1.47. The van der Waals surface area contributed by atoms with Crippen molar-refractivity contribution in [3.8, 4) is 5.75 Å². The van der Waals surface area contributed by atoms with Crippen molar-refractivity contribution in [3.63, 3.8) is 0 Å². The van der Waals surface area contributed by atoms with Gasteiger partial charge < -0.3 is 16.2 Å². The molecule has 1 aromatic rings. The molecule has 0 fully saturated rings. The van der Waals surface area contributed by atoms with E-state index in [0.717, 1.165) is 23.4 Å². The predicted molar refractivity (Wildman–Crippen MR) is 55.1 cm³/mol. The Labute approximate surface area is 83.5 Å². The topological polar surface area (TPSA) is 61.3 Å². The van der Waals surface area contributed by atoms with E-state index in [1.807, 2.05) is 18.2 Å². The van der Waals surface area contributed by atoms with Gasteiger partial charge in [-0.15, -0.1) is 12.4 Å². The first kappa shape index (κ1) is 10.2. The highest BCUT2D eigenvalue weighted by Crippen LogP contribution is 2.31. The van der Waals surface area contributed by atoms with Crippen molar-refractivity contribution in [1.82, 2.24) is 0 Å². The van der Waals surface area contributed by atoms with Crippen molar-refractivity contribution in [2.75, 3.05) is 12.3 Å². The largest absolute Gasteiger partial charge is 0.493 e. The summed E-state index contributed by atoms with van der Waals surface area (Å²) in [5, 5.41) is 0. The van der Waals surface area contributed by atoms with Gasteiger partial charge in [-0.3, -0.25) is 0 Å². The lowest BCUT2D eigenvalue weighted by atomic mass is 10.0. The van der Waals surface area contributed by atoms with Crippen molar-refractivity contribution in [2.45, 2.75) is 12.5 Å². The fourth-order valence-electron chi connectivity index (χ4n) is 1.44. The Bertz CT molecular complexity index is 304. The summed E-state index contributed by atoms with van der Waals surface area (Å²) in [6.45, 7) is 0.706. The number of benzene rings is 1. The number of ether oxygens (including phenoxy) is 1. The van der Waals surface area contributed by atoms with Crippen LogP contribution in [0.25, 0.3) is 0 Å². The van der Waals surface area contributed by atoms with Gasteiger partial charge in [-0.25, -0.2) is 0 Å². The standard InChI is InChI=1S/C9H12N2O.ClH/c10-6-1-2-9-7(5-6)8(11)3-4-12-9;/h1-2,5,8H,3-4,10-11H2;1H/t8-;/m0./s1. The highest BCUT2D eigenvalue weighted by molar-refractivity contribution is 5.85. The number of rotatable bonds is 0. The van der Waals surface area contributed by atoms with E-state index in [0.29, 0.717) is 6.61 Å². The van der Waals surface area contributed by atoms with Gasteiger partial charge >= 0.3 is 0 Å². The molecule has 0 saturated carbocycles. The van der Waals surface area contributed by atoms with Crippen LogP contribution in [0.15, 0.2) is 18.2 Å². The molecule has 72 valence electrons. The first-order valence-corrected chi connectivity index (χ1v) is 4.05. The molecule has 0 aromatic heterocycles. The number of hydrogen-bond acceptors (Lipinski definition) is 3. The van der Waals surface area contributed by atoms with Crippen LogP contribution < -0.4 is 16.2 Å². The number of anilines is 1. The fraction of sp³-hybridized carbons (Fsp3) is 0.333. The van der Waals surface area contributed by atoms with E-state index in [-0.39, 0.29) is 18.4 Å². The van der Waals surface area contributed by atoms with Crippen molar-refractivity contribution < 1.29 is 4.74 Å². The van der Waals surface area contributed by atoms with Crippen LogP contribution in [0.2, 0.25) is 0 Å². The molecule has 0 spiro atoms. The Morgan fingerprint density at radius 3 is 2.92 bits per heavy atom. The van der Waals surface area contributed by atoms with E-state index in [1.165, 1.54) is 0 Å². The molecular weight excluding hydrogens is 188 g/mol. The number of nitrogen functional groups attached to an aromatic ring is 1. The van der Waals surface area contributed by atoms with Gasteiger partial charge in [0.15, 0.2) is 0 Å². The van der Waals surface area contributed by atoms with Crippen molar-refractivity contribution in [3.05, 3.63) is 23.8 Å². The molecule has 1 aliphatic heterocycles. The summed E-state index contributed by atoms with van der Waals surface area (Å²) < 4.78 is 5.41. The number of hydrogen-bond donors (Lipinski definition) is 2. The maximum Gasteiger partial charge on any atom is 0.124 e. The zero-order chi connectivity index (χ0) is 8.55. The quantitative estimate of drug-likeness (QED) is 0.624. The molecule has 4 heteroatoms. The van der Waals surface area contributed by atoms with Gasteiger partial charge in [-0.2, -0.15) is 0 Å². The minimum absolute atomic E-state index is 0. The Morgan fingerprint density at radius 1 is 1.38 bits per heavy atom. The molecule has 0 radical (unpaired) electrons. The van der Waals surface area contributed by atoms with Crippen molar-refractivity contribution in [1.29, 1.82) is 0 Å². The second-order valence-corrected chi connectivity index (χ2v) is 3.04. The third kappa shape index (κ3) is 1.87. The molecule has 4 N–H and O–H groups in total. The van der Waals surface area contributed by atoms with Crippen molar-refractivity contribution in [2.24, 2.45) is 5.73 Å².